The minimum atomic E-state index is -0.252. The summed E-state index contributed by atoms with van der Waals surface area (Å²) in [6.45, 7) is 4.32. The lowest BCUT2D eigenvalue weighted by atomic mass is 9.69. The third kappa shape index (κ3) is 6.92. The molecule has 190 valence electrons. The molecule has 6 heteroatoms. The molecule has 35 heavy (non-hydrogen) atoms. The molecule has 0 N–H and O–H groups in total. The fourth-order valence-corrected chi connectivity index (χ4v) is 5.45. The van der Waals surface area contributed by atoms with E-state index < -0.39 is 0 Å². The predicted octanol–water partition coefficient (Wildman–Crippen LogP) is 6.68. The Hall–Kier alpha value is -2.24. The van der Waals surface area contributed by atoms with Gasteiger partial charge in [-0.2, -0.15) is 0 Å². The van der Waals surface area contributed by atoms with Crippen molar-refractivity contribution >= 4 is 23.4 Å². The molecule has 1 saturated heterocycles. The van der Waals surface area contributed by atoms with Crippen molar-refractivity contribution < 1.29 is 23.5 Å². The average Bonchev–Trinajstić information content (AvgIpc) is 3.41. The summed E-state index contributed by atoms with van der Waals surface area (Å²) >= 11 is 5.92. The lowest BCUT2D eigenvalue weighted by Gasteiger charge is -2.38. The molecule has 1 aromatic rings. The number of ketones is 1. The lowest BCUT2D eigenvalue weighted by molar-refractivity contribution is -0.140. The number of allylic oxidation sites excluding steroid dienone is 5. The summed E-state index contributed by atoms with van der Waals surface area (Å²) in [5.41, 5.74) is 0.875. The van der Waals surface area contributed by atoms with Crippen molar-refractivity contribution in [1.82, 2.24) is 0 Å². The summed E-state index contributed by atoms with van der Waals surface area (Å²) in [5, 5.41) is 0.690. The molecule has 3 rings (SSSR count). The normalized spacial score (nSPS) is 27.1. The molecule has 1 heterocycles. The van der Waals surface area contributed by atoms with E-state index in [9.17, 15) is 14.0 Å². The van der Waals surface area contributed by atoms with Gasteiger partial charge in [0.15, 0.2) is 5.78 Å². The van der Waals surface area contributed by atoms with Crippen LogP contribution in [-0.2, 0) is 24.5 Å². The van der Waals surface area contributed by atoms with Crippen LogP contribution in [0.5, 0.6) is 0 Å². The Bertz CT molecular complexity index is 963. The van der Waals surface area contributed by atoms with Gasteiger partial charge in [-0.1, -0.05) is 55.0 Å². The first-order valence-corrected chi connectivity index (χ1v) is 12.8. The predicted molar refractivity (Wildman–Crippen MR) is 137 cm³/mol. The van der Waals surface area contributed by atoms with Crippen LogP contribution in [0.1, 0.15) is 57.9 Å². The van der Waals surface area contributed by atoms with Crippen LogP contribution in [0.3, 0.4) is 0 Å². The third-order valence-corrected chi connectivity index (χ3v) is 7.55. The van der Waals surface area contributed by atoms with Crippen LogP contribution in [0.4, 0.5) is 4.39 Å². The zero-order valence-corrected chi connectivity index (χ0v) is 21.6. The van der Waals surface area contributed by atoms with Gasteiger partial charge in [0.25, 0.3) is 0 Å². The molecule has 1 aliphatic carbocycles. The maximum atomic E-state index is 13.7. The second-order valence-electron chi connectivity index (χ2n) is 9.77. The van der Waals surface area contributed by atoms with Gasteiger partial charge in [-0.15, -0.1) is 0 Å². The van der Waals surface area contributed by atoms with Crippen molar-refractivity contribution in [3.05, 3.63) is 71.1 Å². The second kappa shape index (κ2) is 12.6. The Labute approximate surface area is 213 Å². The largest absolute Gasteiger partial charge is 0.469 e. The molecule has 1 saturated carbocycles. The monoisotopic (exact) mass is 502 g/mol. The number of methoxy groups -OCH3 is 1. The van der Waals surface area contributed by atoms with Gasteiger partial charge in [0.1, 0.15) is 5.82 Å². The molecule has 2 fully saturated rings. The van der Waals surface area contributed by atoms with Crippen molar-refractivity contribution in [3.8, 4) is 0 Å². The summed E-state index contributed by atoms with van der Waals surface area (Å²) in [5.74, 6) is -0.186. The van der Waals surface area contributed by atoms with Gasteiger partial charge >= 0.3 is 5.97 Å². The minimum absolute atomic E-state index is 0.0297. The number of hydrogen-bond donors (Lipinski definition) is 0. The van der Waals surface area contributed by atoms with Crippen LogP contribution in [0.2, 0.25) is 0 Å². The molecular weight excluding hydrogens is 467 g/mol. The number of ether oxygens (including phenoxy) is 2. The number of halogens is 2. The van der Waals surface area contributed by atoms with Crippen LogP contribution >= 0.6 is 11.6 Å². The first kappa shape index (κ1) is 27.3. The van der Waals surface area contributed by atoms with E-state index in [1.54, 1.807) is 6.08 Å². The highest BCUT2D eigenvalue weighted by molar-refractivity contribution is 6.29. The molecule has 4 nitrogen and oxygen atoms in total. The molecule has 0 aromatic heterocycles. The van der Waals surface area contributed by atoms with Crippen molar-refractivity contribution in [1.29, 1.82) is 0 Å². The molecule has 1 aliphatic heterocycles. The number of esters is 1. The number of unbranched alkanes of at least 4 members (excludes halogenated alkanes) is 1. The molecule has 0 radical (unpaired) electrons. The molecular formula is C29H36ClFO4. The number of carbonyl (C=O) groups excluding carboxylic acids is 2. The van der Waals surface area contributed by atoms with Crippen LogP contribution in [-0.4, -0.2) is 31.6 Å². The first-order valence-electron chi connectivity index (χ1n) is 12.4. The van der Waals surface area contributed by atoms with Gasteiger partial charge in [0, 0.05) is 28.7 Å². The van der Waals surface area contributed by atoms with Crippen molar-refractivity contribution in [2.45, 2.75) is 63.9 Å². The summed E-state index contributed by atoms with van der Waals surface area (Å²) in [6.07, 6.45) is 14.2. The topological polar surface area (TPSA) is 52.6 Å². The smallest absolute Gasteiger partial charge is 0.305 e. The van der Waals surface area contributed by atoms with Gasteiger partial charge < -0.3 is 9.47 Å². The molecule has 1 unspecified atom stereocenters. The van der Waals surface area contributed by atoms with E-state index in [1.165, 1.54) is 19.2 Å². The standard InChI is InChI=1S/C29H36ClFO4/c1-20(10-11-21(2)30)26(32)17-16-24-25(8-6-4-5-7-9-28(33)34-3)29(18-27(24)35-19-29)22-12-14-23(31)15-13-22/h4,6,11-17,20,24-25,27H,5,7-10,18-19H2,1-3H3/b6-4-,17-16+,21-11-/t20?,24-,25-,27-,29-/m0/s1. The molecule has 5 atom stereocenters. The van der Waals surface area contributed by atoms with Gasteiger partial charge in [-0.25, -0.2) is 4.39 Å². The van der Waals surface area contributed by atoms with Gasteiger partial charge in [0.2, 0.25) is 0 Å². The number of hydrogen-bond acceptors (Lipinski definition) is 4. The first-order chi connectivity index (χ1) is 16.8. The minimum Gasteiger partial charge on any atom is -0.469 e. The molecule has 2 aliphatic rings. The van der Waals surface area contributed by atoms with Gasteiger partial charge in [-0.3, -0.25) is 9.59 Å². The molecule has 0 spiro atoms. The number of rotatable bonds is 12. The maximum absolute atomic E-state index is 13.7. The Morgan fingerprint density at radius 2 is 2.03 bits per heavy atom. The fourth-order valence-electron chi connectivity index (χ4n) is 5.36. The third-order valence-electron chi connectivity index (χ3n) is 7.40. The van der Waals surface area contributed by atoms with Crippen LogP contribution in [0, 0.1) is 23.6 Å². The quantitative estimate of drug-likeness (QED) is 0.138. The SMILES string of the molecule is COC(=O)CCC/C=C\C[C@H]1[C@H](/C=C/C(=O)C(C)C/C=C(/C)Cl)[C@@H]2C[C@@]1(c1ccc(F)cc1)CO2. The Balaban J connectivity index is 1.76. The van der Waals surface area contributed by atoms with E-state index in [4.69, 9.17) is 21.1 Å². The van der Waals surface area contributed by atoms with Crippen molar-refractivity contribution in [3.63, 3.8) is 0 Å². The Morgan fingerprint density at radius 3 is 2.71 bits per heavy atom. The molecule has 0 amide bonds. The molecule has 1 aromatic carbocycles. The van der Waals surface area contributed by atoms with Gasteiger partial charge in [-0.05, 0) is 68.7 Å². The van der Waals surface area contributed by atoms with Gasteiger partial charge in [0.05, 0.1) is 19.8 Å². The average molecular weight is 503 g/mol. The summed E-state index contributed by atoms with van der Waals surface area (Å²) in [6, 6.07) is 6.76. The lowest BCUT2D eigenvalue weighted by Crippen LogP contribution is -2.39. The summed E-state index contributed by atoms with van der Waals surface area (Å²) < 4.78 is 24.5. The van der Waals surface area contributed by atoms with Crippen molar-refractivity contribution in [2.75, 3.05) is 13.7 Å². The van der Waals surface area contributed by atoms with E-state index in [1.807, 2.05) is 38.1 Å². The fraction of sp³-hybridized carbons (Fsp3) is 0.517. The number of benzene rings is 1. The Kier molecular flexibility index (Phi) is 9.88. The molecule has 2 bridgehead atoms. The zero-order valence-electron chi connectivity index (χ0n) is 20.8. The highest BCUT2D eigenvalue weighted by Gasteiger charge is 2.58. The van der Waals surface area contributed by atoms with E-state index in [-0.39, 0.29) is 46.8 Å². The van der Waals surface area contributed by atoms with E-state index in [2.05, 4.69) is 12.2 Å². The zero-order chi connectivity index (χ0) is 25.4. The highest BCUT2D eigenvalue weighted by Crippen LogP contribution is 2.57. The van der Waals surface area contributed by atoms with Crippen LogP contribution in [0.25, 0.3) is 0 Å². The summed E-state index contributed by atoms with van der Waals surface area (Å²) in [4.78, 5) is 24.1. The number of carbonyl (C=O) groups is 2. The van der Waals surface area contributed by atoms with Crippen molar-refractivity contribution in [2.24, 2.45) is 17.8 Å². The van der Waals surface area contributed by atoms with E-state index in [0.717, 1.165) is 31.2 Å². The maximum Gasteiger partial charge on any atom is 0.305 e. The number of fused-ring (bicyclic) bond motifs is 2. The van der Waals surface area contributed by atoms with E-state index >= 15 is 0 Å². The van der Waals surface area contributed by atoms with Crippen LogP contribution in [0.15, 0.2) is 59.7 Å². The second-order valence-corrected chi connectivity index (χ2v) is 10.4. The van der Waals surface area contributed by atoms with Crippen LogP contribution < -0.4 is 0 Å². The van der Waals surface area contributed by atoms with E-state index in [0.29, 0.717) is 24.5 Å². The summed E-state index contributed by atoms with van der Waals surface area (Å²) in [7, 11) is 1.40. The highest BCUT2D eigenvalue weighted by atomic mass is 35.5. The Morgan fingerprint density at radius 1 is 1.29 bits per heavy atom.